The highest BCUT2D eigenvalue weighted by atomic mass is 31.2. The summed E-state index contributed by atoms with van der Waals surface area (Å²) in [7, 11) is -4.64. The maximum absolute atomic E-state index is 11.1. The van der Waals surface area contributed by atoms with Gasteiger partial charge in [-0.2, -0.15) is 0 Å². The number of phosphoric acid groups is 1. The number of carbonyl (C=O) groups excluding carboxylic acids is 1. The van der Waals surface area contributed by atoms with Gasteiger partial charge in [-0.3, -0.25) is 14.6 Å². The Morgan fingerprint density at radius 1 is 1.60 bits per heavy atom. The topological polar surface area (TPSA) is 113 Å². The summed E-state index contributed by atoms with van der Waals surface area (Å²) >= 11 is 0. The van der Waals surface area contributed by atoms with Crippen molar-refractivity contribution in [3.05, 3.63) is 12.7 Å². The van der Waals surface area contributed by atoms with Crippen molar-refractivity contribution in [3.63, 3.8) is 0 Å². The lowest BCUT2D eigenvalue weighted by atomic mass is 10.0. The van der Waals surface area contributed by atoms with E-state index in [1.165, 1.54) is 6.92 Å². The van der Waals surface area contributed by atoms with Crippen LogP contribution in [0.2, 0.25) is 0 Å². The molecule has 7 nitrogen and oxygen atoms in total. The predicted octanol–water partition coefficient (Wildman–Crippen LogP) is 0.345. The Hall–Kier alpha value is -0.560. The zero-order chi connectivity index (χ0) is 12.1. The second kappa shape index (κ2) is 6.12. The van der Waals surface area contributed by atoms with E-state index in [2.05, 4.69) is 16.0 Å². The predicted molar refractivity (Wildman–Crippen MR) is 49.9 cm³/mol. The highest BCUT2D eigenvalue weighted by Crippen LogP contribution is 2.36. The number of phosphoric ester groups is 1. The first kappa shape index (κ1) is 14.4. The van der Waals surface area contributed by atoms with Crippen LogP contribution in [0.3, 0.4) is 0 Å². The standard InChI is InChI=1S/C7H13O7P/c1-3-6(8)5(2)7(14-9)4-13-15(10,11)12/h3,5,7,9H,1,4H2,2H3,(H2,10,11,12). The summed E-state index contributed by atoms with van der Waals surface area (Å²) in [5, 5.41) is 8.42. The number of carbonyl (C=O) groups is 1. The summed E-state index contributed by atoms with van der Waals surface area (Å²) in [5.41, 5.74) is 0. The molecule has 2 atom stereocenters. The maximum atomic E-state index is 11.1. The van der Waals surface area contributed by atoms with Crippen LogP contribution in [0.25, 0.3) is 0 Å². The number of ketones is 1. The molecule has 0 aromatic heterocycles. The summed E-state index contributed by atoms with van der Waals surface area (Å²) in [6.07, 6.45) is -0.128. The van der Waals surface area contributed by atoms with E-state index in [1.54, 1.807) is 0 Å². The van der Waals surface area contributed by atoms with Gasteiger partial charge in [-0.05, 0) is 6.08 Å². The molecule has 88 valence electrons. The third-order valence-electron chi connectivity index (χ3n) is 1.75. The summed E-state index contributed by atoms with van der Waals surface area (Å²) < 4.78 is 14.4. The van der Waals surface area contributed by atoms with Crippen molar-refractivity contribution in [2.24, 2.45) is 5.92 Å². The summed E-state index contributed by atoms with van der Waals surface area (Å²) in [6.45, 7) is 4.04. The van der Waals surface area contributed by atoms with Crippen LogP contribution in [0.15, 0.2) is 12.7 Å². The van der Waals surface area contributed by atoms with Gasteiger partial charge >= 0.3 is 7.82 Å². The Morgan fingerprint density at radius 3 is 2.47 bits per heavy atom. The Kier molecular flexibility index (Phi) is 5.89. The quantitative estimate of drug-likeness (QED) is 0.254. The second-order valence-electron chi connectivity index (χ2n) is 2.83. The van der Waals surface area contributed by atoms with Gasteiger partial charge in [-0.1, -0.05) is 13.5 Å². The Balaban J connectivity index is 4.31. The normalized spacial score (nSPS) is 15.7. The van der Waals surface area contributed by atoms with Crippen LogP contribution in [0.5, 0.6) is 0 Å². The van der Waals surface area contributed by atoms with Crippen molar-refractivity contribution in [1.82, 2.24) is 0 Å². The highest BCUT2D eigenvalue weighted by molar-refractivity contribution is 7.46. The van der Waals surface area contributed by atoms with Gasteiger partial charge in [-0.25, -0.2) is 9.45 Å². The molecule has 0 aromatic carbocycles. The average Bonchev–Trinajstić information content (AvgIpc) is 2.15. The van der Waals surface area contributed by atoms with E-state index in [9.17, 15) is 9.36 Å². The van der Waals surface area contributed by atoms with Crippen LogP contribution in [-0.2, 0) is 18.8 Å². The van der Waals surface area contributed by atoms with E-state index in [4.69, 9.17) is 15.0 Å². The fourth-order valence-electron chi connectivity index (χ4n) is 0.806. The van der Waals surface area contributed by atoms with Crippen molar-refractivity contribution < 1.29 is 33.8 Å². The van der Waals surface area contributed by atoms with E-state index >= 15 is 0 Å². The third-order valence-corrected chi connectivity index (χ3v) is 2.24. The van der Waals surface area contributed by atoms with Gasteiger partial charge < -0.3 is 9.79 Å². The van der Waals surface area contributed by atoms with E-state index in [0.717, 1.165) is 6.08 Å². The monoisotopic (exact) mass is 240 g/mol. The molecular weight excluding hydrogens is 227 g/mol. The van der Waals surface area contributed by atoms with Crippen LogP contribution in [-0.4, -0.2) is 33.5 Å². The lowest BCUT2D eigenvalue weighted by Crippen LogP contribution is -2.30. The first-order valence-corrected chi connectivity index (χ1v) is 5.51. The van der Waals surface area contributed by atoms with Gasteiger partial charge in [0.2, 0.25) is 0 Å². The maximum Gasteiger partial charge on any atom is 0.469 e. The average molecular weight is 240 g/mol. The second-order valence-corrected chi connectivity index (χ2v) is 4.06. The van der Waals surface area contributed by atoms with Crippen molar-refractivity contribution in [2.45, 2.75) is 13.0 Å². The van der Waals surface area contributed by atoms with Crippen molar-refractivity contribution >= 4 is 13.6 Å². The molecule has 0 saturated heterocycles. The van der Waals surface area contributed by atoms with Crippen LogP contribution in [0.4, 0.5) is 0 Å². The summed E-state index contributed by atoms with van der Waals surface area (Å²) in [6, 6.07) is 0. The molecule has 0 heterocycles. The molecule has 15 heavy (non-hydrogen) atoms. The molecule has 0 aliphatic heterocycles. The van der Waals surface area contributed by atoms with Crippen LogP contribution < -0.4 is 0 Å². The molecular formula is C7H13O7P. The molecule has 0 aliphatic rings. The molecule has 0 spiro atoms. The molecule has 2 unspecified atom stereocenters. The van der Waals surface area contributed by atoms with Gasteiger partial charge in [0, 0.05) is 0 Å². The fourth-order valence-corrected chi connectivity index (χ4v) is 1.15. The molecule has 0 fully saturated rings. The molecule has 0 bridgehead atoms. The molecule has 0 aromatic rings. The first-order chi connectivity index (χ1) is 6.81. The third kappa shape index (κ3) is 5.78. The summed E-state index contributed by atoms with van der Waals surface area (Å²) in [5.74, 6) is -1.23. The smallest absolute Gasteiger partial charge is 0.303 e. The molecule has 8 heteroatoms. The van der Waals surface area contributed by atoms with Gasteiger partial charge in [0.15, 0.2) is 5.78 Å². The molecule has 0 rings (SSSR count). The van der Waals surface area contributed by atoms with Crippen LogP contribution in [0.1, 0.15) is 6.92 Å². The van der Waals surface area contributed by atoms with Crippen LogP contribution >= 0.6 is 7.82 Å². The largest absolute Gasteiger partial charge is 0.469 e. The number of rotatable bonds is 7. The minimum atomic E-state index is -4.64. The molecule has 0 saturated carbocycles. The lowest BCUT2D eigenvalue weighted by molar-refractivity contribution is -0.291. The van der Waals surface area contributed by atoms with E-state index in [-0.39, 0.29) is 0 Å². The highest BCUT2D eigenvalue weighted by Gasteiger charge is 2.26. The summed E-state index contributed by atoms with van der Waals surface area (Å²) in [4.78, 5) is 31.7. The Morgan fingerprint density at radius 2 is 2.13 bits per heavy atom. The van der Waals surface area contributed by atoms with Crippen molar-refractivity contribution in [2.75, 3.05) is 6.61 Å². The molecule has 0 amide bonds. The van der Waals surface area contributed by atoms with Gasteiger partial charge in [0.05, 0.1) is 12.5 Å². The lowest BCUT2D eigenvalue weighted by Gasteiger charge is -2.18. The van der Waals surface area contributed by atoms with Gasteiger partial charge in [0.25, 0.3) is 0 Å². The van der Waals surface area contributed by atoms with Crippen LogP contribution in [0, 0.1) is 5.92 Å². The number of allylic oxidation sites excluding steroid dienone is 1. The Labute approximate surface area is 86.5 Å². The number of hydrogen-bond acceptors (Lipinski definition) is 5. The fraction of sp³-hybridized carbons (Fsp3) is 0.571. The molecule has 0 radical (unpaired) electrons. The molecule has 0 aliphatic carbocycles. The Bertz CT molecular complexity index is 271. The van der Waals surface area contributed by atoms with Gasteiger partial charge in [-0.15, -0.1) is 0 Å². The van der Waals surface area contributed by atoms with Crippen molar-refractivity contribution in [3.8, 4) is 0 Å². The number of hydrogen-bond donors (Lipinski definition) is 3. The minimum absolute atomic E-state index is 0.427. The van der Waals surface area contributed by atoms with E-state index in [0.29, 0.717) is 0 Å². The first-order valence-electron chi connectivity index (χ1n) is 3.98. The zero-order valence-electron chi connectivity index (χ0n) is 8.07. The zero-order valence-corrected chi connectivity index (χ0v) is 8.96. The van der Waals surface area contributed by atoms with E-state index < -0.39 is 32.2 Å². The van der Waals surface area contributed by atoms with Crippen molar-refractivity contribution in [1.29, 1.82) is 0 Å². The van der Waals surface area contributed by atoms with E-state index in [1.807, 2.05) is 0 Å². The molecule has 3 N–H and O–H groups in total. The van der Waals surface area contributed by atoms with Gasteiger partial charge in [0.1, 0.15) is 6.10 Å². The minimum Gasteiger partial charge on any atom is -0.303 e. The SMILES string of the molecule is C=CC(=O)C(C)C(COP(=O)(O)O)OO.